The van der Waals surface area contributed by atoms with E-state index >= 15 is 0 Å². The Hall–Kier alpha value is -0.710. The van der Waals surface area contributed by atoms with Crippen molar-refractivity contribution in [2.45, 2.75) is 37.2 Å². The summed E-state index contributed by atoms with van der Waals surface area (Å²) in [5, 5.41) is 9.33. The molecule has 1 atom stereocenters. The van der Waals surface area contributed by atoms with Gasteiger partial charge in [0.1, 0.15) is 5.60 Å². The molecular weight excluding hydrogens is 168 g/mol. The standard InChI is InChI=1S/C7H11F2NO2/c8-7(9)3-1-2-6(12,4-7)5(10)11/h12H,1-4H2,(H2,10,11). The molecule has 0 heterocycles. The number of alkyl halides is 2. The minimum absolute atomic E-state index is 0.0396. The van der Waals surface area contributed by atoms with E-state index in [-0.39, 0.29) is 19.3 Å². The molecule has 70 valence electrons. The molecule has 0 radical (unpaired) electrons. The Labute approximate surface area is 68.5 Å². The number of hydrogen-bond donors (Lipinski definition) is 2. The van der Waals surface area contributed by atoms with Crippen molar-refractivity contribution in [3.63, 3.8) is 0 Å². The topological polar surface area (TPSA) is 63.3 Å². The molecule has 12 heavy (non-hydrogen) atoms. The fourth-order valence-electron chi connectivity index (χ4n) is 1.45. The summed E-state index contributed by atoms with van der Waals surface area (Å²) in [7, 11) is 0. The van der Waals surface area contributed by atoms with Crippen LogP contribution < -0.4 is 5.73 Å². The summed E-state index contributed by atoms with van der Waals surface area (Å²) in [5.74, 6) is -4.01. The monoisotopic (exact) mass is 179 g/mol. The fourth-order valence-corrected chi connectivity index (χ4v) is 1.45. The van der Waals surface area contributed by atoms with Gasteiger partial charge in [-0.1, -0.05) is 0 Å². The first kappa shape index (κ1) is 9.38. The van der Waals surface area contributed by atoms with Gasteiger partial charge in [-0.15, -0.1) is 0 Å². The van der Waals surface area contributed by atoms with Crippen molar-refractivity contribution in [3.8, 4) is 0 Å². The van der Waals surface area contributed by atoms with Gasteiger partial charge in [-0.2, -0.15) is 0 Å². The van der Waals surface area contributed by atoms with Crippen LogP contribution in [-0.2, 0) is 4.79 Å². The molecule has 1 unspecified atom stereocenters. The van der Waals surface area contributed by atoms with Gasteiger partial charge in [0.05, 0.1) is 0 Å². The summed E-state index contributed by atoms with van der Waals surface area (Å²) in [4.78, 5) is 10.6. The third-order valence-corrected chi connectivity index (χ3v) is 2.14. The second kappa shape index (κ2) is 2.65. The van der Waals surface area contributed by atoms with E-state index in [1.807, 2.05) is 0 Å². The van der Waals surface area contributed by atoms with Gasteiger partial charge in [-0.05, 0) is 12.8 Å². The first-order chi connectivity index (χ1) is 5.36. The highest BCUT2D eigenvalue weighted by Gasteiger charge is 2.48. The molecule has 1 aliphatic carbocycles. The third kappa shape index (κ3) is 1.72. The van der Waals surface area contributed by atoms with Gasteiger partial charge < -0.3 is 10.8 Å². The molecule has 3 nitrogen and oxygen atoms in total. The maximum absolute atomic E-state index is 12.7. The fraction of sp³-hybridized carbons (Fsp3) is 0.857. The highest BCUT2D eigenvalue weighted by Crippen LogP contribution is 2.38. The van der Waals surface area contributed by atoms with Gasteiger partial charge in [-0.3, -0.25) is 4.79 Å². The molecule has 0 saturated heterocycles. The number of primary amides is 1. The predicted molar refractivity (Wildman–Crippen MR) is 37.6 cm³/mol. The van der Waals surface area contributed by atoms with Crippen molar-refractivity contribution in [1.82, 2.24) is 0 Å². The van der Waals surface area contributed by atoms with Gasteiger partial charge in [0.15, 0.2) is 0 Å². The zero-order chi connectivity index (χ0) is 9.41. The van der Waals surface area contributed by atoms with E-state index in [1.54, 1.807) is 0 Å². The molecule has 0 bridgehead atoms. The first-order valence-corrected chi connectivity index (χ1v) is 3.76. The van der Waals surface area contributed by atoms with Crippen molar-refractivity contribution >= 4 is 5.91 Å². The molecule has 3 N–H and O–H groups in total. The lowest BCUT2D eigenvalue weighted by Crippen LogP contribution is -2.50. The van der Waals surface area contributed by atoms with Crippen LogP contribution in [0.3, 0.4) is 0 Å². The van der Waals surface area contributed by atoms with Crippen LogP contribution in [0.5, 0.6) is 0 Å². The molecule has 1 amide bonds. The Morgan fingerprint density at radius 1 is 1.42 bits per heavy atom. The smallest absolute Gasteiger partial charge is 0.251 e. The SMILES string of the molecule is NC(=O)C1(O)CCCC(F)(F)C1. The van der Waals surface area contributed by atoms with Gasteiger partial charge >= 0.3 is 0 Å². The van der Waals surface area contributed by atoms with Gasteiger partial charge in [-0.25, -0.2) is 8.78 Å². The molecular formula is C7H11F2NO2. The zero-order valence-corrected chi connectivity index (χ0v) is 6.52. The summed E-state index contributed by atoms with van der Waals surface area (Å²) >= 11 is 0. The molecule has 1 aliphatic rings. The van der Waals surface area contributed by atoms with Crippen LogP contribution in [-0.4, -0.2) is 22.5 Å². The molecule has 0 aromatic carbocycles. The summed E-state index contributed by atoms with van der Waals surface area (Å²) in [6.07, 6.45) is -0.942. The van der Waals surface area contributed by atoms with E-state index in [0.717, 1.165) is 0 Å². The van der Waals surface area contributed by atoms with Gasteiger partial charge in [0, 0.05) is 12.8 Å². The second-order valence-corrected chi connectivity index (χ2v) is 3.28. The number of carbonyl (C=O) groups excluding carboxylic acids is 1. The zero-order valence-electron chi connectivity index (χ0n) is 6.52. The Balaban J connectivity index is 2.74. The van der Waals surface area contributed by atoms with Crippen LogP contribution in [0.15, 0.2) is 0 Å². The van der Waals surface area contributed by atoms with Crippen LogP contribution in [0, 0.1) is 0 Å². The largest absolute Gasteiger partial charge is 0.380 e. The third-order valence-electron chi connectivity index (χ3n) is 2.14. The second-order valence-electron chi connectivity index (χ2n) is 3.28. The number of nitrogens with two attached hydrogens (primary N) is 1. The van der Waals surface area contributed by atoms with E-state index in [1.165, 1.54) is 0 Å². The van der Waals surface area contributed by atoms with Crippen LogP contribution >= 0.6 is 0 Å². The van der Waals surface area contributed by atoms with E-state index in [9.17, 15) is 18.7 Å². The summed E-state index contributed by atoms with van der Waals surface area (Å²) < 4.78 is 25.4. The molecule has 1 fully saturated rings. The van der Waals surface area contributed by atoms with Crippen LogP contribution in [0.1, 0.15) is 25.7 Å². The number of halogens is 2. The Kier molecular flexibility index (Phi) is 2.07. The molecule has 0 aromatic rings. The van der Waals surface area contributed by atoms with Gasteiger partial charge in [0.2, 0.25) is 5.91 Å². The van der Waals surface area contributed by atoms with Crippen molar-refractivity contribution in [1.29, 1.82) is 0 Å². The maximum Gasteiger partial charge on any atom is 0.251 e. The van der Waals surface area contributed by atoms with E-state index in [2.05, 4.69) is 0 Å². The lowest BCUT2D eigenvalue weighted by atomic mass is 9.82. The number of amides is 1. The molecule has 1 rings (SSSR count). The number of hydrogen-bond acceptors (Lipinski definition) is 2. The minimum atomic E-state index is -2.96. The Morgan fingerprint density at radius 3 is 2.33 bits per heavy atom. The number of rotatable bonds is 1. The van der Waals surface area contributed by atoms with Crippen molar-refractivity contribution in [3.05, 3.63) is 0 Å². The number of aliphatic hydroxyl groups is 1. The summed E-state index contributed by atoms with van der Waals surface area (Å²) in [5.41, 5.74) is 2.80. The molecule has 5 heteroatoms. The molecule has 0 spiro atoms. The highest BCUT2D eigenvalue weighted by atomic mass is 19.3. The quantitative estimate of drug-likeness (QED) is 0.612. The minimum Gasteiger partial charge on any atom is -0.380 e. The molecule has 1 saturated carbocycles. The van der Waals surface area contributed by atoms with Crippen molar-refractivity contribution in [2.75, 3.05) is 0 Å². The predicted octanol–water partition coefficient (Wildman–Crippen LogP) is 0.412. The average Bonchev–Trinajstić information content (AvgIpc) is 1.83. The van der Waals surface area contributed by atoms with Crippen molar-refractivity contribution in [2.24, 2.45) is 5.73 Å². The molecule has 0 aliphatic heterocycles. The van der Waals surface area contributed by atoms with Gasteiger partial charge in [0.25, 0.3) is 5.92 Å². The number of carbonyl (C=O) groups is 1. The van der Waals surface area contributed by atoms with E-state index in [0.29, 0.717) is 0 Å². The Morgan fingerprint density at radius 2 is 2.00 bits per heavy atom. The first-order valence-electron chi connectivity index (χ1n) is 3.76. The maximum atomic E-state index is 12.7. The van der Waals surface area contributed by atoms with Crippen LogP contribution in [0.25, 0.3) is 0 Å². The highest BCUT2D eigenvalue weighted by molar-refractivity contribution is 5.83. The van der Waals surface area contributed by atoms with Crippen LogP contribution in [0.4, 0.5) is 8.78 Å². The average molecular weight is 179 g/mol. The normalized spacial score (nSPS) is 34.6. The van der Waals surface area contributed by atoms with E-state index in [4.69, 9.17) is 5.73 Å². The lowest BCUT2D eigenvalue weighted by molar-refractivity contribution is -0.158. The molecule has 0 aromatic heterocycles. The lowest BCUT2D eigenvalue weighted by Gasteiger charge is -2.33. The van der Waals surface area contributed by atoms with Crippen molar-refractivity contribution < 1.29 is 18.7 Å². The van der Waals surface area contributed by atoms with E-state index < -0.39 is 23.9 Å². The van der Waals surface area contributed by atoms with Crippen LogP contribution in [0.2, 0.25) is 0 Å². The summed E-state index contributed by atoms with van der Waals surface area (Å²) in [6.45, 7) is 0. The summed E-state index contributed by atoms with van der Waals surface area (Å²) in [6, 6.07) is 0. The Bertz CT molecular complexity index is 208.